The molecule has 0 radical (unpaired) electrons. The fourth-order valence-electron chi connectivity index (χ4n) is 3.98. The fourth-order valence-corrected chi connectivity index (χ4v) is 3.98. The molecule has 0 unspecified atom stereocenters. The van der Waals surface area contributed by atoms with Crippen molar-refractivity contribution in [3.8, 4) is 0 Å². The molecule has 3 aromatic carbocycles. The van der Waals surface area contributed by atoms with Crippen molar-refractivity contribution in [1.29, 1.82) is 0 Å². The Kier molecular flexibility index (Phi) is 5.22. The lowest BCUT2D eigenvalue weighted by Crippen LogP contribution is -2.30. The average molecular weight is 443 g/mol. The molecule has 0 bridgehead atoms. The van der Waals surface area contributed by atoms with E-state index >= 15 is 0 Å². The van der Waals surface area contributed by atoms with Gasteiger partial charge in [0.25, 0.3) is 5.91 Å². The molecule has 3 amide bonds. The first kappa shape index (κ1) is 20.6. The van der Waals surface area contributed by atoms with Gasteiger partial charge >= 0.3 is 6.03 Å². The third-order valence-electron chi connectivity index (χ3n) is 5.63. The van der Waals surface area contributed by atoms with Crippen LogP contribution >= 0.6 is 0 Å². The monoisotopic (exact) mass is 443 g/mol. The van der Waals surface area contributed by atoms with Crippen LogP contribution in [0, 0.1) is 11.6 Å². The van der Waals surface area contributed by atoms with E-state index < -0.39 is 17.8 Å². The van der Waals surface area contributed by atoms with Crippen molar-refractivity contribution in [2.45, 2.75) is 13.1 Å². The van der Waals surface area contributed by atoms with Crippen LogP contribution in [0.2, 0.25) is 0 Å². The summed E-state index contributed by atoms with van der Waals surface area (Å²) < 4.78 is 29.3. The minimum absolute atomic E-state index is 0.126. The molecule has 0 aliphatic carbocycles. The molecule has 2 heterocycles. The largest absolute Gasteiger partial charge is 0.342 e. The predicted octanol–water partition coefficient (Wildman–Crippen LogP) is 5.06. The van der Waals surface area contributed by atoms with Gasteiger partial charge in [-0.1, -0.05) is 48.5 Å². The van der Waals surface area contributed by atoms with Gasteiger partial charge in [0, 0.05) is 34.8 Å². The predicted molar refractivity (Wildman–Crippen MR) is 121 cm³/mol. The molecule has 1 saturated heterocycles. The van der Waals surface area contributed by atoms with Crippen LogP contribution in [0.5, 0.6) is 0 Å². The number of rotatable bonds is 5. The molecule has 5 rings (SSSR count). The Morgan fingerprint density at radius 3 is 2.36 bits per heavy atom. The molecule has 164 valence electrons. The number of para-hydroxylation sites is 1. The molecule has 1 aliphatic heterocycles. The summed E-state index contributed by atoms with van der Waals surface area (Å²) in [6.45, 7) is 0.366. The Morgan fingerprint density at radius 1 is 0.848 bits per heavy atom. The van der Waals surface area contributed by atoms with Gasteiger partial charge in [0.1, 0.15) is 17.3 Å². The maximum Gasteiger partial charge on any atom is 0.329 e. The number of urea groups is 1. The van der Waals surface area contributed by atoms with Crippen LogP contribution < -0.4 is 5.32 Å². The normalized spacial score (nSPS) is 15.0. The third kappa shape index (κ3) is 4.01. The van der Waals surface area contributed by atoms with Crippen molar-refractivity contribution in [2.75, 3.05) is 0 Å². The smallest absolute Gasteiger partial charge is 0.329 e. The van der Waals surface area contributed by atoms with E-state index in [0.717, 1.165) is 26.9 Å². The summed E-state index contributed by atoms with van der Waals surface area (Å²) in [7, 11) is 0. The maximum atomic E-state index is 14.0. The van der Waals surface area contributed by atoms with Gasteiger partial charge in [0.2, 0.25) is 0 Å². The Labute approximate surface area is 188 Å². The molecule has 0 spiro atoms. The highest BCUT2D eigenvalue weighted by molar-refractivity contribution is 6.14. The summed E-state index contributed by atoms with van der Waals surface area (Å²) in [6, 6.07) is 19.4. The molecular weight excluding hydrogens is 424 g/mol. The van der Waals surface area contributed by atoms with Crippen LogP contribution in [0.25, 0.3) is 17.0 Å². The summed E-state index contributed by atoms with van der Waals surface area (Å²) in [5.41, 5.74) is 3.01. The van der Waals surface area contributed by atoms with Gasteiger partial charge in [-0.3, -0.25) is 9.69 Å². The van der Waals surface area contributed by atoms with E-state index in [2.05, 4.69) is 5.32 Å². The summed E-state index contributed by atoms with van der Waals surface area (Å²) in [6.07, 6.45) is 3.52. The van der Waals surface area contributed by atoms with Crippen molar-refractivity contribution in [3.05, 3.63) is 113 Å². The second-order valence-corrected chi connectivity index (χ2v) is 7.83. The topological polar surface area (TPSA) is 54.3 Å². The van der Waals surface area contributed by atoms with Crippen LogP contribution in [0.15, 0.2) is 84.7 Å². The number of carbonyl (C=O) groups excluding carboxylic acids is 2. The van der Waals surface area contributed by atoms with Gasteiger partial charge in [-0.05, 0) is 35.9 Å². The molecule has 1 N–H and O–H groups in total. The number of amides is 3. The zero-order valence-electron chi connectivity index (χ0n) is 17.5. The van der Waals surface area contributed by atoms with Gasteiger partial charge in [-0.15, -0.1) is 0 Å². The van der Waals surface area contributed by atoms with Crippen molar-refractivity contribution in [2.24, 2.45) is 0 Å². The minimum atomic E-state index is -0.593. The highest BCUT2D eigenvalue weighted by Crippen LogP contribution is 2.26. The van der Waals surface area contributed by atoms with Crippen LogP contribution in [0.1, 0.15) is 16.7 Å². The number of hydrogen-bond acceptors (Lipinski definition) is 2. The van der Waals surface area contributed by atoms with Crippen LogP contribution in [0.4, 0.5) is 13.6 Å². The van der Waals surface area contributed by atoms with Crippen LogP contribution in [-0.4, -0.2) is 21.4 Å². The van der Waals surface area contributed by atoms with E-state index in [9.17, 15) is 18.4 Å². The van der Waals surface area contributed by atoms with Gasteiger partial charge in [-0.25, -0.2) is 13.6 Å². The number of hydrogen-bond donors (Lipinski definition) is 1. The van der Waals surface area contributed by atoms with Crippen LogP contribution in [-0.2, 0) is 17.9 Å². The number of aromatic nitrogens is 1. The lowest BCUT2D eigenvalue weighted by molar-refractivity contribution is -0.123. The van der Waals surface area contributed by atoms with Gasteiger partial charge in [-0.2, -0.15) is 0 Å². The number of imide groups is 1. The van der Waals surface area contributed by atoms with E-state index in [-0.39, 0.29) is 23.6 Å². The van der Waals surface area contributed by atoms with E-state index in [0.29, 0.717) is 6.54 Å². The van der Waals surface area contributed by atoms with E-state index in [4.69, 9.17) is 0 Å². The van der Waals surface area contributed by atoms with Gasteiger partial charge < -0.3 is 9.88 Å². The zero-order chi connectivity index (χ0) is 22.9. The van der Waals surface area contributed by atoms with Crippen molar-refractivity contribution < 1.29 is 18.4 Å². The summed E-state index contributed by atoms with van der Waals surface area (Å²) >= 11 is 0. The van der Waals surface area contributed by atoms with E-state index in [1.807, 2.05) is 35.0 Å². The second-order valence-electron chi connectivity index (χ2n) is 7.83. The summed E-state index contributed by atoms with van der Waals surface area (Å²) in [4.78, 5) is 26.3. The molecular formula is C26H19F2N3O2. The summed E-state index contributed by atoms with van der Waals surface area (Å²) in [5.74, 6) is -1.28. The molecule has 0 atom stereocenters. The number of nitrogens with one attached hydrogen (secondary N) is 1. The van der Waals surface area contributed by atoms with Crippen molar-refractivity contribution >= 4 is 28.9 Å². The Morgan fingerprint density at radius 2 is 1.58 bits per heavy atom. The Balaban J connectivity index is 1.46. The Hall–Kier alpha value is -4.26. The Bertz CT molecular complexity index is 1410. The van der Waals surface area contributed by atoms with Crippen molar-refractivity contribution in [1.82, 2.24) is 14.8 Å². The van der Waals surface area contributed by atoms with Crippen molar-refractivity contribution in [3.63, 3.8) is 0 Å². The highest BCUT2D eigenvalue weighted by Gasteiger charge is 2.34. The molecule has 33 heavy (non-hydrogen) atoms. The molecule has 0 saturated carbocycles. The zero-order valence-corrected chi connectivity index (χ0v) is 17.5. The lowest BCUT2D eigenvalue weighted by atomic mass is 10.1. The SMILES string of the molecule is O=C1NC(=Cc2cn(Cc3ccc(F)cc3)c3ccccc23)C(=O)N1Cc1ccccc1F. The quantitative estimate of drug-likeness (QED) is 0.346. The number of fused-ring (bicyclic) bond motifs is 1. The molecule has 1 fully saturated rings. The number of benzene rings is 3. The lowest BCUT2D eigenvalue weighted by Gasteiger charge is -2.12. The first-order valence-corrected chi connectivity index (χ1v) is 10.4. The first-order chi connectivity index (χ1) is 16.0. The van der Waals surface area contributed by atoms with E-state index in [1.54, 1.807) is 36.4 Å². The number of halogens is 2. The average Bonchev–Trinajstić information content (AvgIpc) is 3.29. The third-order valence-corrected chi connectivity index (χ3v) is 5.63. The molecule has 4 aromatic rings. The molecule has 1 aliphatic rings. The first-order valence-electron chi connectivity index (χ1n) is 10.4. The highest BCUT2D eigenvalue weighted by atomic mass is 19.1. The fraction of sp³-hybridized carbons (Fsp3) is 0.0769. The number of carbonyl (C=O) groups is 2. The standard InChI is InChI=1S/C26H19F2N3O2/c27-20-11-9-17(10-12-20)14-30-15-19(21-6-2-4-8-24(21)30)13-23-25(32)31(26(33)29-23)16-18-5-1-3-7-22(18)28/h1-13,15H,14,16H2,(H,29,33). The van der Waals surface area contributed by atoms with E-state index in [1.165, 1.54) is 18.2 Å². The number of nitrogens with zero attached hydrogens (tertiary/aromatic N) is 2. The maximum absolute atomic E-state index is 14.0. The minimum Gasteiger partial charge on any atom is -0.342 e. The second kappa shape index (κ2) is 8.35. The molecule has 5 nitrogen and oxygen atoms in total. The molecule has 1 aromatic heterocycles. The summed E-state index contributed by atoms with van der Waals surface area (Å²) in [5, 5.41) is 3.50. The van der Waals surface area contributed by atoms with Gasteiger partial charge in [0.05, 0.1) is 6.54 Å². The molecule has 7 heteroatoms. The van der Waals surface area contributed by atoms with Crippen LogP contribution in [0.3, 0.4) is 0 Å². The van der Waals surface area contributed by atoms with Gasteiger partial charge in [0.15, 0.2) is 0 Å².